The fourth-order valence-corrected chi connectivity index (χ4v) is 3.54. The van der Waals surface area contributed by atoms with Gasteiger partial charge in [-0.15, -0.1) is 0 Å². The van der Waals surface area contributed by atoms with Crippen molar-refractivity contribution < 1.29 is 44.2 Å². The van der Waals surface area contributed by atoms with Gasteiger partial charge in [0.05, 0.1) is 24.7 Å². The van der Waals surface area contributed by atoms with Crippen LogP contribution in [0.25, 0.3) is 22.1 Å². The van der Waals surface area contributed by atoms with Crippen LogP contribution < -0.4 is 14.9 Å². The van der Waals surface area contributed by atoms with Crippen LogP contribution in [0.1, 0.15) is 0 Å². The highest BCUT2D eigenvalue weighted by molar-refractivity contribution is 5.82. The van der Waals surface area contributed by atoms with Gasteiger partial charge in [-0.2, -0.15) is 0 Å². The monoisotopic (exact) mass is 446 g/mol. The molecular weight excluding hydrogens is 424 g/mol. The quantitative estimate of drug-likeness (QED) is 0.370. The van der Waals surface area contributed by atoms with Crippen molar-refractivity contribution in [2.24, 2.45) is 0 Å². The summed E-state index contributed by atoms with van der Waals surface area (Å²) < 4.78 is 21.8. The van der Waals surface area contributed by atoms with Gasteiger partial charge in [-0.3, -0.25) is 4.79 Å². The molecule has 1 aliphatic heterocycles. The third kappa shape index (κ3) is 3.90. The van der Waals surface area contributed by atoms with E-state index >= 15 is 0 Å². The van der Waals surface area contributed by atoms with Crippen molar-refractivity contribution in [2.45, 2.75) is 30.7 Å². The Labute approximate surface area is 181 Å². The lowest BCUT2D eigenvalue weighted by Crippen LogP contribution is -2.60. The number of phenolic OH excluding ortho intramolecular Hbond substituents is 1. The summed E-state index contributed by atoms with van der Waals surface area (Å²) in [5.41, 5.74) is 0.650. The molecule has 1 saturated heterocycles. The molecule has 0 amide bonds. The Morgan fingerprint density at radius 2 is 1.78 bits per heavy atom. The standard InChI is InChI=1S/C22H22O10/c1-29-16-6-10(13-9-30-15-7-11(24)3-4-12(15)18(13)25)2-5-14(16)31-22-21(28)20(27)19(26)17(8-23)32-22/h2-7,9,17,19-24,26-28H,8H2,1H3/t17-,19-,20+,21-,22-/m1/s1. The number of aliphatic hydroxyl groups excluding tert-OH is 4. The van der Waals surface area contributed by atoms with E-state index in [9.17, 15) is 30.3 Å². The van der Waals surface area contributed by atoms with Gasteiger partial charge in [0, 0.05) is 6.07 Å². The largest absolute Gasteiger partial charge is 0.508 e. The lowest BCUT2D eigenvalue weighted by molar-refractivity contribution is -0.277. The Balaban J connectivity index is 1.65. The van der Waals surface area contributed by atoms with Crippen molar-refractivity contribution in [1.82, 2.24) is 0 Å². The molecular formula is C22H22O10. The molecule has 0 aliphatic carbocycles. The number of ether oxygens (including phenoxy) is 3. The van der Waals surface area contributed by atoms with E-state index in [2.05, 4.69) is 0 Å². The number of hydrogen-bond acceptors (Lipinski definition) is 10. The zero-order valence-electron chi connectivity index (χ0n) is 16.9. The fourth-order valence-electron chi connectivity index (χ4n) is 3.54. The second kappa shape index (κ2) is 8.77. The normalized spacial score (nSPS) is 25.6. The SMILES string of the molecule is COc1cc(-c2coc3cc(O)ccc3c2=O)ccc1O[C@@H]1O[C@H](CO)[C@@H](O)[C@H](O)[C@H]1O. The number of hydrogen-bond donors (Lipinski definition) is 5. The molecule has 0 unspecified atom stereocenters. The smallest absolute Gasteiger partial charge is 0.229 e. The summed E-state index contributed by atoms with van der Waals surface area (Å²) in [5, 5.41) is 49.2. The molecule has 5 N–H and O–H groups in total. The molecule has 1 aromatic heterocycles. The van der Waals surface area contributed by atoms with E-state index in [1.807, 2.05) is 0 Å². The number of benzene rings is 2. The van der Waals surface area contributed by atoms with Crippen LogP contribution in [0.5, 0.6) is 17.2 Å². The minimum atomic E-state index is -1.59. The maximum Gasteiger partial charge on any atom is 0.229 e. The summed E-state index contributed by atoms with van der Waals surface area (Å²) in [6.07, 6.45) is -5.90. The van der Waals surface area contributed by atoms with Crippen molar-refractivity contribution >= 4 is 11.0 Å². The Morgan fingerprint density at radius 3 is 2.50 bits per heavy atom. The minimum absolute atomic E-state index is 0.0234. The first kappa shape index (κ1) is 22.1. The molecule has 1 fully saturated rings. The second-order valence-electron chi connectivity index (χ2n) is 7.34. The molecule has 2 heterocycles. The molecule has 0 radical (unpaired) electrons. The number of methoxy groups -OCH3 is 1. The summed E-state index contributed by atoms with van der Waals surface area (Å²) >= 11 is 0. The van der Waals surface area contributed by atoms with Gasteiger partial charge < -0.3 is 44.2 Å². The highest BCUT2D eigenvalue weighted by Crippen LogP contribution is 2.35. The Morgan fingerprint density at radius 1 is 1.00 bits per heavy atom. The molecule has 10 heteroatoms. The number of phenols is 1. The lowest BCUT2D eigenvalue weighted by Gasteiger charge is -2.39. The molecule has 0 spiro atoms. The maximum atomic E-state index is 12.9. The van der Waals surface area contributed by atoms with Crippen molar-refractivity contribution in [2.75, 3.05) is 13.7 Å². The van der Waals surface area contributed by atoms with Crippen molar-refractivity contribution in [3.05, 3.63) is 52.9 Å². The average Bonchev–Trinajstić information content (AvgIpc) is 2.79. The van der Waals surface area contributed by atoms with Gasteiger partial charge in [0.1, 0.15) is 42.0 Å². The average molecular weight is 446 g/mol. The molecule has 0 bridgehead atoms. The van der Waals surface area contributed by atoms with Crippen LogP contribution in [0.4, 0.5) is 0 Å². The van der Waals surface area contributed by atoms with E-state index in [0.29, 0.717) is 10.9 Å². The third-order valence-electron chi connectivity index (χ3n) is 5.32. The van der Waals surface area contributed by atoms with Crippen molar-refractivity contribution in [1.29, 1.82) is 0 Å². The van der Waals surface area contributed by atoms with Crippen LogP contribution in [-0.2, 0) is 4.74 Å². The van der Waals surface area contributed by atoms with Gasteiger partial charge in [0.2, 0.25) is 6.29 Å². The summed E-state index contributed by atoms with van der Waals surface area (Å²) in [6.45, 7) is -0.587. The first-order valence-electron chi connectivity index (χ1n) is 9.74. The molecule has 32 heavy (non-hydrogen) atoms. The number of aromatic hydroxyl groups is 1. The molecule has 1 aliphatic rings. The molecule has 5 atom stereocenters. The van der Waals surface area contributed by atoms with E-state index in [0.717, 1.165) is 0 Å². The predicted molar refractivity (Wildman–Crippen MR) is 111 cm³/mol. The number of fused-ring (bicyclic) bond motifs is 1. The van der Waals surface area contributed by atoms with E-state index < -0.39 is 37.3 Å². The zero-order chi connectivity index (χ0) is 23.0. The van der Waals surface area contributed by atoms with Crippen LogP contribution in [0.3, 0.4) is 0 Å². The van der Waals surface area contributed by atoms with Crippen LogP contribution in [0.15, 0.2) is 51.9 Å². The number of rotatable bonds is 5. The van der Waals surface area contributed by atoms with Gasteiger partial charge in [0.25, 0.3) is 0 Å². The second-order valence-corrected chi connectivity index (χ2v) is 7.34. The van der Waals surface area contributed by atoms with Crippen molar-refractivity contribution in [3.63, 3.8) is 0 Å². The van der Waals surface area contributed by atoms with Crippen LogP contribution in [0, 0.1) is 0 Å². The summed E-state index contributed by atoms with van der Waals surface area (Å²) in [6, 6.07) is 8.78. The van der Waals surface area contributed by atoms with Gasteiger partial charge in [-0.05, 0) is 29.8 Å². The Kier molecular flexibility index (Phi) is 6.04. The predicted octanol–water partition coefficient (Wildman–Crippen LogP) is 0.353. The summed E-state index contributed by atoms with van der Waals surface area (Å²) in [5.74, 6) is 0.310. The van der Waals surface area contributed by atoms with Crippen LogP contribution >= 0.6 is 0 Å². The first-order valence-corrected chi connectivity index (χ1v) is 9.74. The molecule has 10 nitrogen and oxygen atoms in total. The molecule has 2 aromatic carbocycles. The van der Waals surface area contributed by atoms with Gasteiger partial charge in [-0.25, -0.2) is 0 Å². The van der Waals surface area contributed by atoms with E-state index in [4.69, 9.17) is 18.6 Å². The van der Waals surface area contributed by atoms with E-state index in [1.54, 1.807) is 6.07 Å². The Hall–Kier alpha value is -3.15. The van der Waals surface area contributed by atoms with Crippen LogP contribution in [0.2, 0.25) is 0 Å². The number of aliphatic hydroxyl groups is 4. The van der Waals surface area contributed by atoms with Gasteiger partial charge in [0.15, 0.2) is 16.9 Å². The highest BCUT2D eigenvalue weighted by atomic mass is 16.7. The van der Waals surface area contributed by atoms with E-state index in [-0.39, 0.29) is 33.8 Å². The summed E-state index contributed by atoms with van der Waals surface area (Å²) in [7, 11) is 1.38. The highest BCUT2D eigenvalue weighted by Gasteiger charge is 2.45. The maximum absolute atomic E-state index is 12.9. The molecule has 170 valence electrons. The topological polar surface area (TPSA) is 159 Å². The first-order chi connectivity index (χ1) is 15.3. The van der Waals surface area contributed by atoms with Gasteiger partial charge in [-0.1, -0.05) is 6.07 Å². The van der Waals surface area contributed by atoms with Crippen molar-refractivity contribution in [3.8, 4) is 28.4 Å². The van der Waals surface area contributed by atoms with Crippen LogP contribution in [-0.4, -0.2) is 70.0 Å². The zero-order valence-corrected chi connectivity index (χ0v) is 16.9. The third-order valence-corrected chi connectivity index (χ3v) is 5.32. The fraction of sp³-hybridized carbons (Fsp3) is 0.318. The minimum Gasteiger partial charge on any atom is -0.508 e. The molecule has 3 aromatic rings. The van der Waals surface area contributed by atoms with Gasteiger partial charge >= 0.3 is 0 Å². The Bertz CT molecular complexity index is 1170. The van der Waals surface area contributed by atoms with E-state index in [1.165, 1.54) is 43.7 Å². The molecule has 0 saturated carbocycles. The molecule has 4 rings (SSSR count). The summed E-state index contributed by atoms with van der Waals surface area (Å²) in [4.78, 5) is 12.9. The lowest BCUT2D eigenvalue weighted by atomic mass is 9.99.